The maximum Gasteiger partial charge on any atom is 0.246 e. The van der Waals surface area contributed by atoms with Crippen molar-refractivity contribution in [1.82, 2.24) is 14.1 Å². The van der Waals surface area contributed by atoms with E-state index in [1.165, 1.54) is 28.4 Å². The molecule has 1 aliphatic rings. The van der Waals surface area contributed by atoms with Crippen LogP contribution in [0.1, 0.15) is 0 Å². The minimum atomic E-state index is -3.61. The summed E-state index contributed by atoms with van der Waals surface area (Å²) in [5, 5.41) is 2.62. The van der Waals surface area contributed by atoms with Gasteiger partial charge in [-0.1, -0.05) is 12.6 Å². The number of rotatable bonds is 6. The molecule has 0 bridgehead atoms. The molecule has 0 aliphatic carbocycles. The summed E-state index contributed by atoms with van der Waals surface area (Å²) in [6.45, 7) is 5.44. The Bertz CT molecular complexity index is 786. The van der Waals surface area contributed by atoms with Gasteiger partial charge < -0.3 is 15.1 Å². The summed E-state index contributed by atoms with van der Waals surface area (Å²) in [7, 11) is -0.170. The van der Waals surface area contributed by atoms with E-state index < -0.39 is 15.9 Å². The Morgan fingerprint density at radius 2 is 1.92 bits per heavy atom. The molecule has 1 aromatic rings. The molecule has 8 nitrogen and oxygen atoms in total. The molecular formula is C17H24N4O4S. The molecule has 0 unspecified atom stereocenters. The summed E-state index contributed by atoms with van der Waals surface area (Å²) in [5.74, 6) is -0.789. The molecular weight excluding hydrogens is 356 g/mol. The van der Waals surface area contributed by atoms with Crippen LogP contribution in [0, 0.1) is 0 Å². The van der Waals surface area contributed by atoms with Crippen LogP contribution in [-0.4, -0.2) is 81.2 Å². The number of hydrogen-bond donors (Lipinski definition) is 1. The van der Waals surface area contributed by atoms with Crippen LogP contribution in [0.4, 0.5) is 5.69 Å². The first kappa shape index (κ1) is 20.1. The molecule has 2 rings (SSSR count). The molecule has 0 radical (unpaired) electrons. The fraction of sp³-hybridized carbons (Fsp3) is 0.412. The predicted molar refractivity (Wildman–Crippen MR) is 99.2 cm³/mol. The topological polar surface area (TPSA) is 90.0 Å². The number of benzene rings is 1. The highest BCUT2D eigenvalue weighted by molar-refractivity contribution is 7.89. The summed E-state index contributed by atoms with van der Waals surface area (Å²) in [5.41, 5.74) is 0.365. The Kier molecular flexibility index (Phi) is 6.52. The van der Waals surface area contributed by atoms with E-state index >= 15 is 0 Å². The van der Waals surface area contributed by atoms with Crippen LogP contribution >= 0.6 is 0 Å². The average Bonchev–Trinajstić information content (AvgIpc) is 2.61. The molecule has 1 heterocycles. The van der Waals surface area contributed by atoms with Gasteiger partial charge in [-0.3, -0.25) is 9.59 Å². The zero-order valence-electron chi connectivity index (χ0n) is 15.0. The van der Waals surface area contributed by atoms with Gasteiger partial charge in [-0.15, -0.1) is 0 Å². The van der Waals surface area contributed by atoms with Gasteiger partial charge >= 0.3 is 0 Å². The van der Waals surface area contributed by atoms with Crippen molar-refractivity contribution in [2.75, 3.05) is 52.1 Å². The van der Waals surface area contributed by atoms with E-state index in [1.807, 2.05) is 7.05 Å². The van der Waals surface area contributed by atoms with Crippen molar-refractivity contribution in [3.63, 3.8) is 0 Å². The SMILES string of the molecule is C=CC(=O)N(C)CC(=O)Nc1cccc(S(=O)(=O)N2CCN(C)CC2)c1. The van der Waals surface area contributed by atoms with Crippen LogP contribution in [0.15, 0.2) is 41.8 Å². The summed E-state index contributed by atoms with van der Waals surface area (Å²) in [4.78, 5) is 26.9. The van der Waals surface area contributed by atoms with Gasteiger partial charge in [0.05, 0.1) is 11.4 Å². The summed E-state index contributed by atoms with van der Waals surface area (Å²) >= 11 is 0. The van der Waals surface area contributed by atoms with Gasteiger partial charge in [0.25, 0.3) is 0 Å². The molecule has 142 valence electrons. The Morgan fingerprint density at radius 3 is 2.54 bits per heavy atom. The zero-order chi connectivity index (χ0) is 19.3. The normalized spacial score (nSPS) is 16.1. The monoisotopic (exact) mass is 380 g/mol. The standard InChI is InChI=1S/C17H24N4O4S/c1-4-17(23)20(3)13-16(22)18-14-6-5-7-15(12-14)26(24,25)21-10-8-19(2)9-11-21/h4-7,12H,1,8-11,13H2,2-3H3,(H,18,22). The van der Waals surface area contributed by atoms with Gasteiger partial charge in [0.1, 0.15) is 0 Å². The predicted octanol–water partition coefficient (Wildman–Crippen LogP) is 0.206. The van der Waals surface area contributed by atoms with Crippen molar-refractivity contribution in [1.29, 1.82) is 0 Å². The third-order valence-electron chi connectivity index (χ3n) is 4.15. The second-order valence-electron chi connectivity index (χ2n) is 6.18. The first-order chi connectivity index (χ1) is 12.2. The van der Waals surface area contributed by atoms with Gasteiger partial charge in [-0.25, -0.2) is 8.42 Å². The van der Waals surface area contributed by atoms with Crippen molar-refractivity contribution in [3.8, 4) is 0 Å². The van der Waals surface area contributed by atoms with Gasteiger partial charge in [-0.05, 0) is 31.3 Å². The van der Waals surface area contributed by atoms with E-state index in [2.05, 4.69) is 16.8 Å². The fourth-order valence-electron chi connectivity index (χ4n) is 2.56. The van der Waals surface area contributed by atoms with Gasteiger partial charge in [0.15, 0.2) is 0 Å². The highest BCUT2D eigenvalue weighted by Crippen LogP contribution is 2.20. The van der Waals surface area contributed by atoms with E-state index in [0.717, 1.165) is 6.08 Å². The molecule has 26 heavy (non-hydrogen) atoms. The van der Waals surface area contributed by atoms with Crippen LogP contribution in [0.25, 0.3) is 0 Å². The number of anilines is 1. The maximum absolute atomic E-state index is 12.8. The summed E-state index contributed by atoms with van der Waals surface area (Å²) in [6.07, 6.45) is 1.12. The first-order valence-electron chi connectivity index (χ1n) is 8.20. The lowest BCUT2D eigenvalue weighted by atomic mass is 10.3. The van der Waals surface area contributed by atoms with Crippen molar-refractivity contribution in [2.24, 2.45) is 0 Å². The van der Waals surface area contributed by atoms with E-state index in [9.17, 15) is 18.0 Å². The number of hydrogen-bond acceptors (Lipinski definition) is 5. The number of sulfonamides is 1. The van der Waals surface area contributed by atoms with Crippen molar-refractivity contribution in [2.45, 2.75) is 4.90 Å². The third kappa shape index (κ3) is 4.90. The Hall–Kier alpha value is -2.23. The number of nitrogens with zero attached hydrogens (tertiary/aromatic N) is 3. The van der Waals surface area contributed by atoms with Crippen LogP contribution in [-0.2, 0) is 19.6 Å². The number of piperazine rings is 1. The molecule has 1 aromatic carbocycles. The molecule has 0 spiro atoms. The smallest absolute Gasteiger partial charge is 0.246 e. The average molecular weight is 380 g/mol. The van der Waals surface area contributed by atoms with Crippen LogP contribution < -0.4 is 5.32 Å². The second kappa shape index (κ2) is 8.43. The van der Waals surface area contributed by atoms with E-state index in [0.29, 0.717) is 31.9 Å². The number of nitrogens with one attached hydrogen (secondary N) is 1. The molecule has 0 atom stereocenters. The Morgan fingerprint density at radius 1 is 1.27 bits per heavy atom. The zero-order valence-corrected chi connectivity index (χ0v) is 15.8. The Labute approximate surface area is 154 Å². The highest BCUT2D eigenvalue weighted by Gasteiger charge is 2.27. The lowest BCUT2D eigenvalue weighted by Gasteiger charge is -2.31. The molecule has 9 heteroatoms. The summed E-state index contributed by atoms with van der Waals surface area (Å²) < 4.78 is 27.0. The summed E-state index contributed by atoms with van der Waals surface area (Å²) in [6, 6.07) is 6.13. The third-order valence-corrected chi connectivity index (χ3v) is 6.04. The molecule has 2 amide bonds. The van der Waals surface area contributed by atoms with Crippen molar-refractivity contribution < 1.29 is 18.0 Å². The molecule has 1 N–H and O–H groups in total. The largest absolute Gasteiger partial charge is 0.333 e. The minimum absolute atomic E-state index is 0.135. The van der Waals surface area contributed by atoms with Crippen LogP contribution in [0.5, 0.6) is 0 Å². The van der Waals surface area contributed by atoms with Gasteiger partial charge in [0.2, 0.25) is 21.8 Å². The molecule has 0 saturated carbocycles. The van der Waals surface area contributed by atoms with E-state index in [4.69, 9.17) is 0 Å². The molecule has 0 aromatic heterocycles. The lowest BCUT2D eigenvalue weighted by molar-refractivity contribution is -0.129. The number of carbonyl (C=O) groups is 2. The number of amides is 2. The quantitative estimate of drug-likeness (QED) is 0.713. The van der Waals surface area contributed by atoms with Gasteiger partial charge in [-0.2, -0.15) is 4.31 Å². The lowest BCUT2D eigenvalue weighted by Crippen LogP contribution is -2.47. The van der Waals surface area contributed by atoms with Gasteiger partial charge in [0, 0.05) is 38.9 Å². The maximum atomic E-state index is 12.8. The second-order valence-corrected chi connectivity index (χ2v) is 8.12. The fourth-order valence-corrected chi connectivity index (χ4v) is 4.03. The highest BCUT2D eigenvalue weighted by atomic mass is 32.2. The van der Waals surface area contributed by atoms with Crippen molar-refractivity contribution >= 4 is 27.5 Å². The van der Waals surface area contributed by atoms with Crippen LogP contribution in [0.2, 0.25) is 0 Å². The van der Waals surface area contributed by atoms with E-state index in [-0.39, 0.29) is 17.3 Å². The Balaban J connectivity index is 2.08. The molecule has 1 saturated heterocycles. The number of carbonyl (C=O) groups excluding carboxylic acids is 2. The van der Waals surface area contributed by atoms with Crippen molar-refractivity contribution in [3.05, 3.63) is 36.9 Å². The minimum Gasteiger partial charge on any atom is -0.333 e. The molecule has 1 aliphatic heterocycles. The molecule has 1 fully saturated rings. The number of likely N-dealkylation sites (N-methyl/N-ethyl adjacent to an activating group) is 2. The first-order valence-corrected chi connectivity index (χ1v) is 9.64. The van der Waals surface area contributed by atoms with Crippen LogP contribution in [0.3, 0.4) is 0 Å². The van der Waals surface area contributed by atoms with E-state index in [1.54, 1.807) is 12.1 Å².